The van der Waals surface area contributed by atoms with Crippen LogP contribution in [0.4, 0.5) is 0 Å². The zero-order valence-corrected chi connectivity index (χ0v) is 14.3. The molecule has 0 spiro atoms. The molecule has 3 rings (SSSR count). The van der Waals surface area contributed by atoms with Crippen molar-refractivity contribution in [1.29, 1.82) is 0 Å². The Hall–Kier alpha value is -1.04. The zero-order chi connectivity index (χ0) is 17.6. The molecule has 1 saturated heterocycles. The molecule has 10 nitrogen and oxygen atoms in total. The highest BCUT2D eigenvalue weighted by Gasteiger charge is 2.48. The minimum Gasteiger partial charge on any atom is -0.387 e. The molecule has 2 aromatic rings. The van der Waals surface area contributed by atoms with Gasteiger partial charge in [0.25, 0.3) is 5.65 Å². The Balaban J connectivity index is 1.90. The second-order valence-electron chi connectivity index (χ2n) is 5.47. The van der Waals surface area contributed by atoms with Gasteiger partial charge in [-0.1, -0.05) is 0 Å². The maximum absolute atomic E-state index is 10.8. The number of thiol groups is 1. The van der Waals surface area contributed by atoms with E-state index < -0.39 is 39.0 Å². The lowest BCUT2D eigenvalue weighted by atomic mass is 10.1. The van der Waals surface area contributed by atoms with Crippen LogP contribution in [0.25, 0.3) is 11.2 Å². The molecule has 0 aromatic carbocycles. The van der Waals surface area contributed by atoms with Crippen LogP contribution in [0.15, 0.2) is 23.5 Å². The van der Waals surface area contributed by atoms with Gasteiger partial charge in [-0.25, -0.2) is 14.1 Å². The molecule has 12 heteroatoms. The van der Waals surface area contributed by atoms with E-state index in [0.29, 0.717) is 16.1 Å². The minimum atomic E-state index is -4.70. The van der Waals surface area contributed by atoms with Crippen LogP contribution in [0, 0.1) is 0 Å². The molecule has 1 aliphatic heterocycles. The molecule has 3 heterocycles. The highest BCUT2D eigenvalue weighted by molar-refractivity contribution is 7.80. The first-order valence-corrected chi connectivity index (χ1v) is 8.92. The third kappa shape index (κ3) is 3.22. The minimum absolute atomic E-state index is 0.484. The normalized spacial score (nSPS) is 27.9. The number of nitrogens with zero attached hydrogens (tertiary/aromatic N) is 3. The average Bonchev–Trinajstić information content (AvgIpc) is 2.96. The first-order chi connectivity index (χ1) is 11.2. The number of aromatic nitrogens is 3. The van der Waals surface area contributed by atoms with Crippen LogP contribution in [0.5, 0.6) is 0 Å². The van der Waals surface area contributed by atoms with Gasteiger partial charge in [0.2, 0.25) is 18.1 Å². The van der Waals surface area contributed by atoms with Gasteiger partial charge < -0.3 is 24.7 Å². The molecule has 0 unspecified atom stereocenters. The van der Waals surface area contributed by atoms with Gasteiger partial charge in [-0.15, -0.1) is 12.6 Å². The number of imidazole rings is 1. The molecule has 1 aliphatic rings. The van der Waals surface area contributed by atoms with Gasteiger partial charge in [0.1, 0.15) is 18.3 Å². The van der Waals surface area contributed by atoms with E-state index in [4.69, 9.17) is 14.5 Å². The smallest absolute Gasteiger partial charge is 0.387 e. The number of rotatable bonds is 4. The number of phosphoric ester groups is 1. The second kappa shape index (κ2) is 6.36. The topological polar surface area (TPSA) is 138 Å². The lowest BCUT2D eigenvalue weighted by Gasteiger charge is -2.14. The van der Waals surface area contributed by atoms with Gasteiger partial charge in [0.15, 0.2) is 0 Å². The van der Waals surface area contributed by atoms with Crippen molar-refractivity contribution in [1.82, 2.24) is 9.55 Å². The average molecular weight is 378 g/mol. The molecule has 1 fully saturated rings. The third-order valence-corrected chi connectivity index (χ3v) is 4.64. The van der Waals surface area contributed by atoms with E-state index in [2.05, 4.69) is 22.1 Å². The maximum atomic E-state index is 10.8. The fourth-order valence-corrected chi connectivity index (χ4v) is 3.38. The summed E-state index contributed by atoms with van der Waals surface area (Å²) in [5.74, 6) is 0. The predicted octanol–water partition coefficient (Wildman–Crippen LogP) is -1.12. The fraction of sp³-hybridized carbons (Fsp3) is 0.500. The summed E-state index contributed by atoms with van der Waals surface area (Å²) in [6.07, 6.45) is -1.60. The molecule has 4 atom stereocenters. The van der Waals surface area contributed by atoms with Crippen LogP contribution >= 0.6 is 20.5 Å². The van der Waals surface area contributed by atoms with Crippen molar-refractivity contribution in [2.24, 2.45) is 7.05 Å². The predicted molar refractivity (Wildman–Crippen MR) is 82.1 cm³/mol. The van der Waals surface area contributed by atoms with Gasteiger partial charge in [-0.2, -0.15) is 4.57 Å². The van der Waals surface area contributed by atoms with E-state index in [1.54, 1.807) is 30.2 Å². The summed E-state index contributed by atoms with van der Waals surface area (Å²) in [5, 5.41) is 20.3. The van der Waals surface area contributed by atoms with E-state index in [1.165, 1.54) is 4.57 Å². The van der Waals surface area contributed by atoms with Crippen LogP contribution in [0.2, 0.25) is 0 Å². The number of hydrogen-bond donors (Lipinski definition) is 5. The first kappa shape index (κ1) is 17.8. The van der Waals surface area contributed by atoms with Gasteiger partial charge in [0.05, 0.1) is 18.6 Å². The van der Waals surface area contributed by atoms with E-state index >= 15 is 0 Å². The fourth-order valence-electron chi connectivity index (χ4n) is 2.71. The standard InChI is InChI=1S/C12H16N3O7PS/c1-14-5-15(11-8(14)7(24)2-3-13-11)12-10(17)9(16)6(22-12)4-21-23(18,19)20/h2-3,5-6,9-10,12,16-17H,4H2,1H3,(H2-,13,18,19,20,24)/p+1/t6-,9-,10-,12-/m1/s1. The van der Waals surface area contributed by atoms with Crippen LogP contribution < -0.4 is 4.57 Å². The van der Waals surface area contributed by atoms with Gasteiger partial charge in [0, 0.05) is 6.20 Å². The second-order valence-corrected chi connectivity index (χ2v) is 7.19. The molecular weight excluding hydrogens is 361 g/mol. The summed E-state index contributed by atoms with van der Waals surface area (Å²) in [5.41, 5.74) is 1.19. The molecule has 4 N–H and O–H groups in total. The van der Waals surface area contributed by atoms with Gasteiger partial charge >= 0.3 is 7.82 Å². The lowest BCUT2D eigenvalue weighted by molar-refractivity contribution is -0.647. The zero-order valence-electron chi connectivity index (χ0n) is 12.5. The first-order valence-electron chi connectivity index (χ1n) is 6.95. The Kier molecular flexibility index (Phi) is 4.71. The molecule has 0 radical (unpaired) electrons. The Morgan fingerprint density at radius 3 is 2.83 bits per heavy atom. The van der Waals surface area contributed by atoms with Crippen LogP contribution in [-0.4, -0.2) is 54.5 Å². The van der Waals surface area contributed by atoms with Crippen LogP contribution in [0.1, 0.15) is 6.23 Å². The molecule has 132 valence electrons. The highest BCUT2D eigenvalue weighted by Crippen LogP contribution is 2.38. The number of phosphoric acid groups is 1. The van der Waals surface area contributed by atoms with Crippen molar-refractivity contribution < 1.29 is 38.4 Å². The summed E-state index contributed by atoms with van der Waals surface area (Å²) in [6, 6.07) is 1.72. The van der Waals surface area contributed by atoms with E-state index in [0.717, 1.165) is 0 Å². The van der Waals surface area contributed by atoms with Crippen molar-refractivity contribution in [3.8, 4) is 0 Å². The Morgan fingerprint density at radius 1 is 1.46 bits per heavy atom. The molecular formula is C12H17N3O7PS+. The number of pyridine rings is 1. The van der Waals surface area contributed by atoms with Crippen molar-refractivity contribution in [3.63, 3.8) is 0 Å². The molecule has 2 aromatic heterocycles. The number of fused-ring (bicyclic) bond motifs is 1. The summed E-state index contributed by atoms with van der Waals surface area (Å²) in [7, 11) is -2.93. The summed E-state index contributed by atoms with van der Waals surface area (Å²) in [4.78, 5) is 22.4. The molecule has 0 saturated carbocycles. The van der Waals surface area contributed by atoms with Crippen molar-refractivity contribution >= 4 is 31.6 Å². The molecule has 0 aliphatic carbocycles. The number of ether oxygens (including phenoxy) is 1. The monoisotopic (exact) mass is 378 g/mol. The molecule has 24 heavy (non-hydrogen) atoms. The van der Waals surface area contributed by atoms with Crippen LogP contribution in [-0.2, 0) is 20.9 Å². The summed E-state index contributed by atoms with van der Waals surface area (Å²) >= 11 is 4.37. The van der Waals surface area contributed by atoms with Crippen LogP contribution in [0.3, 0.4) is 0 Å². The summed E-state index contributed by atoms with van der Waals surface area (Å²) < 4.78 is 24.0. The van der Waals surface area contributed by atoms with E-state index in [1.807, 2.05) is 0 Å². The van der Waals surface area contributed by atoms with Crippen molar-refractivity contribution in [2.45, 2.75) is 29.4 Å². The maximum Gasteiger partial charge on any atom is 0.469 e. The van der Waals surface area contributed by atoms with Crippen molar-refractivity contribution in [2.75, 3.05) is 6.61 Å². The van der Waals surface area contributed by atoms with Crippen molar-refractivity contribution in [3.05, 3.63) is 18.6 Å². The molecule has 0 amide bonds. The number of aryl methyl sites for hydroxylation is 1. The van der Waals surface area contributed by atoms with E-state index in [-0.39, 0.29) is 0 Å². The number of hydrogen-bond acceptors (Lipinski definition) is 7. The third-order valence-electron chi connectivity index (χ3n) is 3.80. The number of aliphatic hydroxyl groups excluding tert-OH is 2. The molecule has 0 bridgehead atoms. The highest BCUT2D eigenvalue weighted by atomic mass is 32.1. The van der Waals surface area contributed by atoms with E-state index in [9.17, 15) is 14.8 Å². The Labute approximate surface area is 141 Å². The quantitative estimate of drug-likeness (QED) is 0.256. The Morgan fingerprint density at radius 2 is 2.17 bits per heavy atom. The van der Waals surface area contributed by atoms with Gasteiger partial charge in [-0.05, 0) is 6.07 Å². The Bertz CT molecular complexity index is 809. The lowest BCUT2D eigenvalue weighted by Crippen LogP contribution is -2.33. The largest absolute Gasteiger partial charge is 0.469 e. The number of aliphatic hydroxyl groups is 2. The SMILES string of the molecule is C[n+]1cn([C@@H]2O[C@H](COP(=O)(O)O)[C@@H](O)[C@H]2O)c2nccc(S)c21. The van der Waals surface area contributed by atoms with Gasteiger partial charge in [-0.3, -0.25) is 4.52 Å². The summed E-state index contributed by atoms with van der Waals surface area (Å²) in [6.45, 7) is -0.560.